The van der Waals surface area contributed by atoms with Crippen molar-refractivity contribution in [3.05, 3.63) is 11.6 Å². The summed E-state index contributed by atoms with van der Waals surface area (Å²) in [5, 5.41) is 28.6. The summed E-state index contributed by atoms with van der Waals surface area (Å²) >= 11 is 1.46. The normalized spacial score (nSPS) is 22.6. The van der Waals surface area contributed by atoms with Crippen molar-refractivity contribution in [1.29, 1.82) is 0 Å². The predicted octanol–water partition coefficient (Wildman–Crippen LogP) is 6.44. The van der Waals surface area contributed by atoms with E-state index in [1.165, 1.54) is 81.5 Å². The highest BCUT2D eigenvalue weighted by molar-refractivity contribution is 8.00. The monoisotopic (exact) mass is 456 g/mol. The average Bonchev–Trinajstić information content (AvgIpc) is 2.72. The molecule has 0 saturated heterocycles. The van der Waals surface area contributed by atoms with Gasteiger partial charge in [-0.15, -0.1) is 0 Å². The van der Waals surface area contributed by atoms with Crippen LogP contribution < -0.4 is 0 Å². The second-order valence-electron chi connectivity index (χ2n) is 8.93. The van der Waals surface area contributed by atoms with Gasteiger partial charge in [0.25, 0.3) is 0 Å². The SMILES string of the molecule is CCCCCCCCCCCCC/C=C1\CC[C@@H](CC(=O)O)[C@H](O)[C@H]1SCCC(=O)O. The fraction of sp³-hybridized carbons (Fsp3) is 0.840. The van der Waals surface area contributed by atoms with Crippen molar-refractivity contribution in [2.75, 3.05) is 5.75 Å². The molecule has 0 aromatic rings. The van der Waals surface area contributed by atoms with Crippen LogP contribution in [0.4, 0.5) is 0 Å². The number of carboxylic acids is 2. The van der Waals surface area contributed by atoms with Crippen molar-refractivity contribution in [2.24, 2.45) is 5.92 Å². The van der Waals surface area contributed by atoms with Gasteiger partial charge in [0.05, 0.1) is 24.2 Å². The lowest BCUT2D eigenvalue weighted by molar-refractivity contribution is -0.139. The molecule has 0 amide bonds. The number of hydrogen-bond donors (Lipinski definition) is 3. The molecule has 1 saturated carbocycles. The van der Waals surface area contributed by atoms with Gasteiger partial charge in [0.15, 0.2) is 0 Å². The number of aliphatic carboxylic acids is 2. The van der Waals surface area contributed by atoms with Gasteiger partial charge in [-0.05, 0) is 31.6 Å². The van der Waals surface area contributed by atoms with Crippen LogP contribution in [-0.2, 0) is 9.59 Å². The Hall–Kier alpha value is -1.01. The molecule has 0 bridgehead atoms. The maximum absolute atomic E-state index is 11.1. The van der Waals surface area contributed by atoms with Crippen molar-refractivity contribution >= 4 is 23.7 Å². The Kier molecular flexibility index (Phi) is 15.9. The smallest absolute Gasteiger partial charge is 0.304 e. The number of carbonyl (C=O) groups is 2. The third-order valence-corrected chi connectivity index (χ3v) is 7.61. The van der Waals surface area contributed by atoms with Crippen molar-refractivity contribution in [3.63, 3.8) is 0 Å². The van der Waals surface area contributed by atoms with E-state index in [0.717, 1.165) is 19.3 Å². The number of aliphatic hydroxyl groups is 1. The van der Waals surface area contributed by atoms with E-state index in [1.54, 1.807) is 0 Å². The third kappa shape index (κ3) is 13.2. The van der Waals surface area contributed by atoms with Crippen LogP contribution in [0.2, 0.25) is 0 Å². The highest BCUT2D eigenvalue weighted by atomic mass is 32.2. The quantitative estimate of drug-likeness (QED) is 0.162. The summed E-state index contributed by atoms with van der Waals surface area (Å²) in [6, 6.07) is 0. The zero-order chi connectivity index (χ0) is 22.9. The number of thioether (sulfide) groups is 1. The van der Waals surface area contributed by atoms with Gasteiger partial charge < -0.3 is 15.3 Å². The maximum atomic E-state index is 11.1. The van der Waals surface area contributed by atoms with Crippen LogP contribution in [0.5, 0.6) is 0 Å². The van der Waals surface area contributed by atoms with Crippen molar-refractivity contribution in [2.45, 2.75) is 121 Å². The molecule has 0 unspecified atom stereocenters. The predicted molar refractivity (Wildman–Crippen MR) is 129 cm³/mol. The second kappa shape index (κ2) is 17.5. The van der Waals surface area contributed by atoms with E-state index in [-0.39, 0.29) is 24.0 Å². The molecule has 0 aromatic heterocycles. The maximum Gasteiger partial charge on any atom is 0.304 e. The summed E-state index contributed by atoms with van der Waals surface area (Å²) in [6.07, 6.45) is 18.5. The van der Waals surface area contributed by atoms with E-state index in [2.05, 4.69) is 13.0 Å². The first-order chi connectivity index (χ1) is 15.0. The number of allylic oxidation sites excluding steroid dienone is 1. The average molecular weight is 457 g/mol. The van der Waals surface area contributed by atoms with E-state index in [9.17, 15) is 14.7 Å². The molecule has 6 heteroatoms. The number of unbranched alkanes of at least 4 members (excludes halogenated alkanes) is 11. The largest absolute Gasteiger partial charge is 0.481 e. The molecule has 0 aromatic carbocycles. The van der Waals surface area contributed by atoms with Crippen LogP contribution in [-0.4, -0.2) is 44.4 Å². The molecule has 1 rings (SSSR count). The molecule has 0 heterocycles. The van der Waals surface area contributed by atoms with E-state index in [1.807, 2.05) is 0 Å². The lowest BCUT2D eigenvalue weighted by Gasteiger charge is -2.36. The molecule has 31 heavy (non-hydrogen) atoms. The molecule has 1 aliphatic rings. The van der Waals surface area contributed by atoms with E-state index < -0.39 is 18.0 Å². The molecule has 1 aliphatic carbocycles. The molecule has 3 N–H and O–H groups in total. The number of carboxylic acid groups (broad SMARTS) is 2. The van der Waals surface area contributed by atoms with Gasteiger partial charge >= 0.3 is 11.9 Å². The van der Waals surface area contributed by atoms with Gasteiger partial charge in [-0.1, -0.05) is 82.8 Å². The fourth-order valence-corrected chi connectivity index (χ4v) is 5.77. The minimum atomic E-state index is -0.883. The highest BCUT2D eigenvalue weighted by Crippen LogP contribution is 2.38. The Bertz CT molecular complexity index is 534. The van der Waals surface area contributed by atoms with E-state index in [0.29, 0.717) is 12.2 Å². The molecule has 0 spiro atoms. The first-order valence-electron chi connectivity index (χ1n) is 12.4. The van der Waals surface area contributed by atoms with E-state index in [4.69, 9.17) is 10.2 Å². The third-order valence-electron chi connectivity index (χ3n) is 6.23. The Morgan fingerprint density at radius 2 is 1.52 bits per heavy atom. The summed E-state index contributed by atoms with van der Waals surface area (Å²) in [4.78, 5) is 21.9. The van der Waals surface area contributed by atoms with Crippen molar-refractivity contribution in [1.82, 2.24) is 0 Å². The lowest BCUT2D eigenvalue weighted by Crippen LogP contribution is -2.38. The lowest BCUT2D eigenvalue weighted by atomic mass is 9.80. The number of rotatable bonds is 18. The molecule has 1 fully saturated rings. The molecule has 3 atom stereocenters. The fourth-order valence-electron chi connectivity index (χ4n) is 4.37. The Morgan fingerprint density at radius 1 is 0.935 bits per heavy atom. The van der Waals surface area contributed by atoms with Gasteiger partial charge in [0.2, 0.25) is 0 Å². The van der Waals surface area contributed by atoms with Crippen LogP contribution in [0.25, 0.3) is 0 Å². The first-order valence-corrected chi connectivity index (χ1v) is 13.4. The summed E-state index contributed by atoms with van der Waals surface area (Å²) in [5.74, 6) is -1.54. The summed E-state index contributed by atoms with van der Waals surface area (Å²) in [5.41, 5.74) is 1.18. The van der Waals surface area contributed by atoms with Crippen molar-refractivity contribution < 1.29 is 24.9 Å². The van der Waals surface area contributed by atoms with Crippen molar-refractivity contribution in [3.8, 4) is 0 Å². The molecule has 180 valence electrons. The standard InChI is InChI=1S/C25H44O5S/c1-2-3-4-5-6-7-8-9-10-11-12-13-14-20-15-16-21(19-23(28)29)24(30)25(20)31-18-17-22(26)27/h14,21,24-25,30H,2-13,15-19H2,1H3,(H,26,27)(H,28,29)/b20-14+/t21-,24-,25-/m0/s1. The molecule has 0 aliphatic heterocycles. The number of aliphatic hydroxyl groups excluding tert-OH is 1. The zero-order valence-electron chi connectivity index (χ0n) is 19.4. The molecule has 5 nitrogen and oxygen atoms in total. The van der Waals surface area contributed by atoms with Crippen LogP contribution >= 0.6 is 11.8 Å². The summed E-state index contributed by atoms with van der Waals surface area (Å²) in [7, 11) is 0. The van der Waals surface area contributed by atoms with Gasteiger partial charge in [0, 0.05) is 5.75 Å². The summed E-state index contributed by atoms with van der Waals surface area (Å²) < 4.78 is 0. The van der Waals surface area contributed by atoms with Gasteiger partial charge in [-0.3, -0.25) is 9.59 Å². The molecular formula is C25H44O5S. The number of hydrogen-bond acceptors (Lipinski definition) is 4. The first kappa shape index (κ1) is 28.0. The van der Waals surface area contributed by atoms with Crippen LogP contribution in [0.15, 0.2) is 11.6 Å². The summed E-state index contributed by atoms with van der Waals surface area (Å²) in [6.45, 7) is 2.25. The van der Waals surface area contributed by atoms with E-state index >= 15 is 0 Å². The van der Waals surface area contributed by atoms with Gasteiger partial charge in [-0.25, -0.2) is 0 Å². The van der Waals surface area contributed by atoms with Crippen LogP contribution in [0.1, 0.15) is 110 Å². The topological polar surface area (TPSA) is 94.8 Å². The minimum Gasteiger partial charge on any atom is -0.481 e. The second-order valence-corrected chi connectivity index (χ2v) is 10.2. The van der Waals surface area contributed by atoms with Crippen LogP contribution in [0.3, 0.4) is 0 Å². The molecule has 0 radical (unpaired) electrons. The Labute approximate surface area is 193 Å². The minimum absolute atomic E-state index is 0.0248. The van der Waals surface area contributed by atoms with Gasteiger partial charge in [-0.2, -0.15) is 11.8 Å². The molecular weight excluding hydrogens is 412 g/mol. The Morgan fingerprint density at radius 3 is 2.06 bits per heavy atom. The highest BCUT2D eigenvalue weighted by Gasteiger charge is 2.36. The zero-order valence-corrected chi connectivity index (χ0v) is 20.2. The van der Waals surface area contributed by atoms with Crippen LogP contribution in [0, 0.1) is 5.92 Å². The van der Waals surface area contributed by atoms with Gasteiger partial charge in [0.1, 0.15) is 0 Å². The Balaban J connectivity index is 2.32.